The maximum Gasteiger partial charge on any atom is 0.258 e. The summed E-state index contributed by atoms with van der Waals surface area (Å²) in [7, 11) is 1.51. The molecule has 1 aromatic rings. The van der Waals surface area contributed by atoms with Gasteiger partial charge in [-0.05, 0) is 50.8 Å². The first-order chi connectivity index (χ1) is 12.8. The minimum Gasteiger partial charge on any atom is -0.493 e. The van der Waals surface area contributed by atoms with Gasteiger partial charge in [0.2, 0.25) is 0 Å². The van der Waals surface area contributed by atoms with E-state index in [2.05, 4.69) is 12.2 Å². The third-order valence-electron chi connectivity index (χ3n) is 4.73. The van der Waals surface area contributed by atoms with Gasteiger partial charge in [0.15, 0.2) is 18.1 Å². The van der Waals surface area contributed by atoms with E-state index in [1.807, 2.05) is 18.7 Å². The van der Waals surface area contributed by atoms with E-state index in [1.165, 1.54) is 7.11 Å². The van der Waals surface area contributed by atoms with E-state index in [1.54, 1.807) is 18.2 Å². The van der Waals surface area contributed by atoms with Crippen LogP contribution in [-0.2, 0) is 4.79 Å². The minimum absolute atomic E-state index is 0. The molecule has 2 rings (SSSR count). The number of carbonyl (C=O) groups excluding carboxylic acids is 2. The normalized spacial score (nSPS) is 19.0. The Bertz CT molecular complexity index is 669. The fourth-order valence-corrected chi connectivity index (χ4v) is 3.34. The number of nitrogens with zero attached hydrogens (tertiary/aromatic N) is 1. The summed E-state index contributed by atoms with van der Waals surface area (Å²) in [5.41, 5.74) is 6.40. The fraction of sp³-hybridized carbons (Fsp3) is 0.600. The van der Waals surface area contributed by atoms with E-state index >= 15 is 0 Å². The average Bonchev–Trinajstić information content (AvgIpc) is 2.65. The van der Waals surface area contributed by atoms with Gasteiger partial charge in [0.25, 0.3) is 11.8 Å². The molecule has 0 radical (unpaired) electrons. The molecule has 2 unspecified atom stereocenters. The van der Waals surface area contributed by atoms with E-state index in [0.717, 1.165) is 12.8 Å². The quantitative estimate of drug-likeness (QED) is 0.714. The van der Waals surface area contributed by atoms with Crippen LogP contribution in [0.25, 0.3) is 0 Å². The third-order valence-corrected chi connectivity index (χ3v) is 4.73. The Morgan fingerprint density at radius 1 is 1.32 bits per heavy atom. The Hall–Kier alpha value is -1.99. The van der Waals surface area contributed by atoms with Crippen LogP contribution in [0.2, 0.25) is 0 Å². The molecule has 28 heavy (non-hydrogen) atoms. The minimum atomic E-state index is -0.208. The molecule has 1 fully saturated rings. The van der Waals surface area contributed by atoms with Crippen LogP contribution >= 0.6 is 12.4 Å². The van der Waals surface area contributed by atoms with Crippen LogP contribution in [0.1, 0.15) is 44.0 Å². The summed E-state index contributed by atoms with van der Waals surface area (Å²) in [5.74, 6) is 1.16. The van der Waals surface area contributed by atoms with Gasteiger partial charge < -0.3 is 25.4 Å². The van der Waals surface area contributed by atoms with Gasteiger partial charge in [-0.25, -0.2) is 0 Å². The molecular weight excluding hydrogens is 382 g/mol. The number of methoxy groups -OCH3 is 1. The highest BCUT2D eigenvalue weighted by atomic mass is 35.5. The van der Waals surface area contributed by atoms with Crippen LogP contribution in [0.5, 0.6) is 11.5 Å². The van der Waals surface area contributed by atoms with Crippen LogP contribution in [0, 0.1) is 5.92 Å². The smallest absolute Gasteiger partial charge is 0.258 e. The number of hydrogen-bond donors (Lipinski definition) is 2. The number of amides is 2. The van der Waals surface area contributed by atoms with Gasteiger partial charge in [0, 0.05) is 30.7 Å². The lowest BCUT2D eigenvalue weighted by molar-refractivity contribution is -0.123. The van der Waals surface area contributed by atoms with Gasteiger partial charge >= 0.3 is 0 Å². The summed E-state index contributed by atoms with van der Waals surface area (Å²) in [4.78, 5) is 26.6. The molecule has 0 saturated carbocycles. The number of benzene rings is 1. The number of ether oxygens (including phenoxy) is 2. The zero-order valence-corrected chi connectivity index (χ0v) is 17.9. The summed E-state index contributed by atoms with van der Waals surface area (Å²) in [5, 5.41) is 2.76. The van der Waals surface area contributed by atoms with E-state index in [4.69, 9.17) is 15.2 Å². The largest absolute Gasteiger partial charge is 0.493 e. The van der Waals surface area contributed by atoms with Crippen LogP contribution < -0.4 is 20.5 Å². The Labute approximate surface area is 173 Å². The van der Waals surface area contributed by atoms with E-state index in [9.17, 15) is 9.59 Å². The van der Waals surface area contributed by atoms with Gasteiger partial charge in [0.1, 0.15) is 0 Å². The van der Waals surface area contributed by atoms with Crippen LogP contribution in [0.4, 0.5) is 0 Å². The molecule has 0 aromatic heterocycles. The number of nitrogens with two attached hydrogens (primary N) is 1. The Morgan fingerprint density at radius 3 is 2.64 bits per heavy atom. The molecule has 7 nitrogen and oxygen atoms in total. The van der Waals surface area contributed by atoms with Crippen molar-refractivity contribution in [1.29, 1.82) is 0 Å². The first-order valence-corrected chi connectivity index (χ1v) is 9.47. The van der Waals surface area contributed by atoms with Crippen molar-refractivity contribution in [1.82, 2.24) is 10.2 Å². The topological polar surface area (TPSA) is 93.9 Å². The number of piperidine rings is 1. The molecule has 0 spiro atoms. The number of nitrogens with one attached hydrogen (secondary N) is 1. The summed E-state index contributed by atoms with van der Waals surface area (Å²) in [6.07, 6.45) is 1.90. The molecule has 2 atom stereocenters. The molecule has 1 aliphatic heterocycles. The molecule has 1 aromatic carbocycles. The van der Waals surface area contributed by atoms with E-state index in [0.29, 0.717) is 36.1 Å². The second-order valence-electron chi connectivity index (χ2n) is 7.39. The van der Waals surface area contributed by atoms with Crippen molar-refractivity contribution in [2.45, 2.75) is 45.7 Å². The molecule has 8 heteroatoms. The van der Waals surface area contributed by atoms with Crippen molar-refractivity contribution in [3.05, 3.63) is 23.8 Å². The second kappa shape index (κ2) is 11.1. The van der Waals surface area contributed by atoms with Gasteiger partial charge in [0.05, 0.1) is 7.11 Å². The number of hydrogen-bond acceptors (Lipinski definition) is 5. The maximum absolute atomic E-state index is 13.0. The Balaban J connectivity index is 0.00000392. The average molecular weight is 414 g/mol. The second-order valence-corrected chi connectivity index (χ2v) is 7.39. The number of likely N-dealkylation sites (tertiary alicyclic amines) is 1. The lowest BCUT2D eigenvalue weighted by Crippen LogP contribution is -2.49. The highest BCUT2D eigenvalue weighted by Gasteiger charge is 2.30. The van der Waals surface area contributed by atoms with Crippen LogP contribution in [0.15, 0.2) is 18.2 Å². The Morgan fingerprint density at radius 2 is 2.04 bits per heavy atom. The number of halogens is 1. The van der Waals surface area contributed by atoms with Crippen molar-refractivity contribution in [3.63, 3.8) is 0 Å². The van der Waals surface area contributed by atoms with Crippen molar-refractivity contribution in [2.75, 3.05) is 26.8 Å². The lowest BCUT2D eigenvalue weighted by atomic mass is 9.92. The first kappa shape index (κ1) is 24.0. The van der Waals surface area contributed by atoms with Crippen molar-refractivity contribution in [3.8, 4) is 11.5 Å². The standard InChI is InChI=1S/C20H31N3O4.ClH/c1-13(2)22-19(24)12-27-17-6-5-15(10-18(17)26-4)20(25)23-8-7-14(3)9-16(23)11-21;/h5-6,10,13-14,16H,7-9,11-12,21H2,1-4H3,(H,22,24);1H. The maximum atomic E-state index is 13.0. The van der Waals surface area contributed by atoms with Gasteiger partial charge in [-0.15, -0.1) is 12.4 Å². The number of carbonyl (C=O) groups is 2. The molecule has 3 N–H and O–H groups in total. The SMILES string of the molecule is COc1cc(C(=O)N2CCC(C)CC2CN)ccc1OCC(=O)NC(C)C.Cl. The zero-order chi connectivity index (χ0) is 20.0. The summed E-state index contributed by atoms with van der Waals surface area (Å²) in [6.45, 7) is 7.01. The third kappa shape index (κ3) is 6.27. The summed E-state index contributed by atoms with van der Waals surface area (Å²) >= 11 is 0. The van der Waals surface area contributed by atoms with Crippen LogP contribution in [-0.4, -0.2) is 55.6 Å². The molecule has 0 aliphatic carbocycles. The highest BCUT2D eigenvalue weighted by Crippen LogP contribution is 2.30. The van der Waals surface area contributed by atoms with Gasteiger partial charge in [-0.2, -0.15) is 0 Å². The van der Waals surface area contributed by atoms with Gasteiger partial charge in [-0.1, -0.05) is 6.92 Å². The molecule has 0 bridgehead atoms. The first-order valence-electron chi connectivity index (χ1n) is 9.47. The summed E-state index contributed by atoms with van der Waals surface area (Å²) in [6, 6.07) is 5.13. The molecule has 1 saturated heterocycles. The van der Waals surface area contributed by atoms with Crippen molar-refractivity contribution >= 4 is 24.2 Å². The highest BCUT2D eigenvalue weighted by molar-refractivity contribution is 5.95. The van der Waals surface area contributed by atoms with Crippen molar-refractivity contribution in [2.24, 2.45) is 11.7 Å². The molecule has 1 heterocycles. The van der Waals surface area contributed by atoms with E-state index in [-0.39, 0.29) is 42.9 Å². The zero-order valence-electron chi connectivity index (χ0n) is 17.1. The molecule has 1 aliphatic rings. The van der Waals surface area contributed by atoms with Crippen LogP contribution in [0.3, 0.4) is 0 Å². The molecular formula is C20H32ClN3O4. The summed E-state index contributed by atoms with van der Waals surface area (Å²) < 4.78 is 10.9. The molecule has 2 amide bonds. The van der Waals surface area contributed by atoms with Gasteiger partial charge in [-0.3, -0.25) is 9.59 Å². The molecule has 158 valence electrons. The van der Waals surface area contributed by atoms with Crippen molar-refractivity contribution < 1.29 is 19.1 Å². The predicted molar refractivity (Wildman–Crippen MR) is 111 cm³/mol. The Kier molecular flexibility index (Phi) is 9.55. The monoisotopic (exact) mass is 413 g/mol. The predicted octanol–water partition coefficient (Wildman–Crippen LogP) is 2.22. The van der Waals surface area contributed by atoms with E-state index < -0.39 is 0 Å². The number of rotatable bonds is 7. The fourth-order valence-electron chi connectivity index (χ4n) is 3.34. The lowest BCUT2D eigenvalue weighted by Gasteiger charge is -2.38.